The second kappa shape index (κ2) is 8.66. The molecule has 0 atom stereocenters. The zero-order valence-electron chi connectivity index (χ0n) is 16.0. The van der Waals surface area contributed by atoms with Crippen molar-refractivity contribution in [2.24, 2.45) is 0 Å². The van der Waals surface area contributed by atoms with Gasteiger partial charge in [-0.1, -0.05) is 18.2 Å². The second-order valence-corrected chi connectivity index (χ2v) is 7.88. The smallest absolute Gasteiger partial charge is 0.339 e. The van der Waals surface area contributed by atoms with Gasteiger partial charge in [-0.05, 0) is 77.5 Å². The number of furan rings is 1. The lowest BCUT2D eigenvalue weighted by molar-refractivity contribution is -0.119. The summed E-state index contributed by atoms with van der Waals surface area (Å²) in [6.45, 7) is 1.51. The number of anilines is 1. The van der Waals surface area contributed by atoms with E-state index >= 15 is 0 Å². The zero-order valence-corrected chi connectivity index (χ0v) is 18.2. The maximum Gasteiger partial charge on any atom is 0.339 e. The van der Waals surface area contributed by atoms with Gasteiger partial charge in [0.1, 0.15) is 5.69 Å². The van der Waals surface area contributed by atoms with Gasteiger partial charge < -0.3 is 14.5 Å². The number of carbonyl (C=O) groups is 2. The molecule has 4 rings (SSSR count). The first kappa shape index (κ1) is 20.1. The maximum atomic E-state index is 12.8. The number of hydrogen-bond donors (Lipinski definition) is 1. The van der Waals surface area contributed by atoms with Gasteiger partial charge in [0.05, 0.1) is 17.3 Å². The van der Waals surface area contributed by atoms with Crippen molar-refractivity contribution in [3.05, 3.63) is 81.6 Å². The van der Waals surface area contributed by atoms with Gasteiger partial charge in [0.2, 0.25) is 0 Å². The number of halogens is 1. The van der Waals surface area contributed by atoms with Crippen molar-refractivity contribution >= 4 is 51.1 Å². The van der Waals surface area contributed by atoms with E-state index in [2.05, 4.69) is 32.9 Å². The summed E-state index contributed by atoms with van der Waals surface area (Å²) in [6, 6.07) is 18.1. The standard InChI is InChI=1S/C23H17IN2O4/c1-14-11-15(24)8-9-18(14)26-22(27)13-30-23(28)17-12-20(21-7-4-10-29-21)25-19-6-3-2-5-16(17)19/h2-12H,13H2,1H3,(H,26,27). The van der Waals surface area contributed by atoms with Crippen molar-refractivity contribution in [1.82, 2.24) is 4.98 Å². The van der Waals surface area contributed by atoms with Crippen LogP contribution < -0.4 is 5.32 Å². The highest BCUT2D eigenvalue weighted by Crippen LogP contribution is 2.26. The van der Waals surface area contributed by atoms with Crippen molar-refractivity contribution in [1.29, 1.82) is 0 Å². The minimum Gasteiger partial charge on any atom is -0.463 e. The molecule has 0 aliphatic heterocycles. The Hall–Kier alpha value is -3.20. The van der Waals surface area contributed by atoms with Crippen molar-refractivity contribution in [3.8, 4) is 11.5 Å². The normalized spacial score (nSPS) is 10.7. The number of aromatic nitrogens is 1. The average Bonchev–Trinajstić information content (AvgIpc) is 3.28. The first-order valence-electron chi connectivity index (χ1n) is 9.18. The number of esters is 1. The van der Waals surface area contributed by atoms with E-state index in [0.29, 0.717) is 33.6 Å². The molecule has 0 saturated carbocycles. The van der Waals surface area contributed by atoms with Crippen LogP contribution in [-0.2, 0) is 9.53 Å². The fourth-order valence-electron chi connectivity index (χ4n) is 3.06. The van der Waals surface area contributed by atoms with Crippen LogP contribution in [0.1, 0.15) is 15.9 Å². The summed E-state index contributed by atoms with van der Waals surface area (Å²) < 4.78 is 11.8. The van der Waals surface area contributed by atoms with E-state index in [0.717, 1.165) is 9.13 Å². The molecule has 7 heteroatoms. The van der Waals surface area contributed by atoms with E-state index in [1.165, 1.54) is 0 Å². The van der Waals surface area contributed by atoms with Crippen LogP contribution in [0.25, 0.3) is 22.4 Å². The van der Waals surface area contributed by atoms with Gasteiger partial charge in [-0.25, -0.2) is 9.78 Å². The SMILES string of the molecule is Cc1cc(I)ccc1NC(=O)COC(=O)c1cc(-c2ccco2)nc2ccccc12. The van der Waals surface area contributed by atoms with Crippen LogP contribution in [0.5, 0.6) is 0 Å². The lowest BCUT2D eigenvalue weighted by Crippen LogP contribution is -2.21. The molecular weight excluding hydrogens is 495 g/mol. The van der Waals surface area contributed by atoms with Crippen molar-refractivity contribution in [2.45, 2.75) is 6.92 Å². The molecular formula is C23H17IN2O4. The van der Waals surface area contributed by atoms with E-state index < -0.39 is 18.5 Å². The van der Waals surface area contributed by atoms with Crippen molar-refractivity contribution in [3.63, 3.8) is 0 Å². The van der Waals surface area contributed by atoms with Crippen LogP contribution in [0, 0.1) is 10.5 Å². The highest BCUT2D eigenvalue weighted by Gasteiger charge is 2.17. The van der Waals surface area contributed by atoms with Crippen LogP contribution in [0.4, 0.5) is 5.69 Å². The van der Waals surface area contributed by atoms with Gasteiger partial charge in [-0.2, -0.15) is 0 Å². The molecule has 2 aromatic heterocycles. The van der Waals surface area contributed by atoms with E-state index in [4.69, 9.17) is 9.15 Å². The third-order valence-electron chi connectivity index (χ3n) is 4.51. The molecule has 150 valence electrons. The fraction of sp³-hybridized carbons (Fsp3) is 0.0870. The number of rotatable bonds is 5. The summed E-state index contributed by atoms with van der Waals surface area (Å²) in [4.78, 5) is 29.6. The third kappa shape index (κ3) is 4.35. The summed E-state index contributed by atoms with van der Waals surface area (Å²) in [5, 5.41) is 3.41. The number of pyridine rings is 1. The average molecular weight is 512 g/mol. The molecule has 1 N–H and O–H groups in total. The molecule has 0 radical (unpaired) electrons. The predicted octanol–water partition coefficient (Wildman–Crippen LogP) is 5.20. The highest BCUT2D eigenvalue weighted by atomic mass is 127. The number of aryl methyl sites for hydroxylation is 1. The topological polar surface area (TPSA) is 81.4 Å². The van der Waals surface area contributed by atoms with Gasteiger partial charge in [0.25, 0.3) is 5.91 Å². The maximum absolute atomic E-state index is 12.8. The first-order chi connectivity index (χ1) is 14.5. The Morgan fingerprint density at radius 1 is 1.10 bits per heavy atom. The van der Waals surface area contributed by atoms with Crippen molar-refractivity contribution < 1.29 is 18.7 Å². The first-order valence-corrected chi connectivity index (χ1v) is 10.3. The number of amides is 1. The fourth-order valence-corrected chi connectivity index (χ4v) is 3.70. The molecule has 0 spiro atoms. The zero-order chi connectivity index (χ0) is 21.1. The summed E-state index contributed by atoms with van der Waals surface area (Å²) in [5.41, 5.74) is 3.10. The van der Waals surface area contributed by atoms with Crippen molar-refractivity contribution in [2.75, 3.05) is 11.9 Å². The number of carbonyl (C=O) groups excluding carboxylic acids is 2. The lowest BCUT2D eigenvalue weighted by Gasteiger charge is -2.11. The quantitative estimate of drug-likeness (QED) is 0.294. The summed E-state index contributed by atoms with van der Waals surface area (Å²) in [7, 11) is 0. The van der Waals surface area contributed by atoms with Crippen LogP contribution in [0.3, 0.4) is 0 Å². The predicted molar refractivity (Wildman–Crippen MR) is 122 cm³/mol. The second-order valence-electron chi connectivity index (χ2n) is 6.63. The van der Waals surface area contributed by atoms with E-state index in [-0.39, 0.29) is 0 Å². The number of nitrogens with one attached hydrogen (secondary N) is 1. The number of ether oxygens (including phenoxy) is 1. The monoisotopic (exact) mass is 512 g/mol. The van der Waals surface area contributed by atoms with Gasteiger partial charge in [-0.3, -0.25) is 4.79 Å². The summed E-state index contributed by atoms with van der Waals surface area (Å²) in [6.07, 6.45) is 1.54. The number of para-hydroxylation sites is 1. The van der Waals surface area contributed by atoms with Crippen LogP contribution >= 0.6 is 22.6 Å². The van der Waals surface area contributed by atoms with Gasteiger partial charge in [0, 0.05) is 14.6 Å². The molecule has 30 heavy (non-hydrogen) atoms. The molecule has 0 aliphatic rings. The molecule has 0 unspecified atom stereocenters. The Balaban J connectivity index is 1.53. The lowest BCUT2D eigenvalue weighted by atomic mass is 10.1. The molecule has 2 aromatic carbocycles. The number of nitrogens with zero attached hydrogens (tertiary/aromatic N) is 1. The van der Waals surface area contributed by atoms with E-state index in [1.54, 1.807) is 30.5 Å². The molecule has 6 nitrogen and oxygen atoms in total. The minimum atomic E-state index is -0.601. The van der Waals surface area contributed by atoms with Crippen LogP contribution in [0.2, 0.25) is 0 Å². The molecule has 4 aromatic rings. The van der Waals surface area contributed by atoms with Gasteiger partial charge in [0.15, 0.2) is 12.4 Å². The summed E-state index contributed by atoms with van der Waals surface area (Å²) in [5.74, 6) is -0.463. The van der Waals surface area contributed by atoms with E-state index in [1.807, 2.05) is 43.3 Å². The van der Waals surface area contributed by atoms with Crippen LogP contribution in [0.15, 0.2) is 71.3 Å². The number of hydrogen-bond acceptors (Lipinski definition) is 5. The Labute approximate surface area is 186 Å². The minimum absolute atomic E-state index is 0.324. The number of benzene rings is 2. The molecule has 0 saturated heterocycles. The third-order valence-corrected chi connectivity index (χ3v) is 5.18. The molecule has 1 amide bonds. The van der Waals surface area contributed by atoms with Gasteiger partial charge in [-0.15, -0.1) is 0 Å². The molecule has 0 aliphatic carbocycles. The molecule has 0 fully saturated rings. The Bertz CT molecular complexity index is 1240. The Morgan fingerprint density at radius 3 is 2.70 bits per heavy atom. The molecule has 0 bridgehead atoms. The number of fused-ring (bicyclic) bond motifs is 1. The largest absolute Gasteiger partial charge is 0.463 e. The Kier molecular flexibility index (Phi) is 5.80. The Morgan fingerprint density at radius 2 is 1.93 bits per heavy atom. The van der Waals surface area contributed by atoms with Gasteiger partial charge >= 0.3 is 5.97 Å². The highest BCUT2D eigenvalue weighted by molar-refractivity contribution is 14.1. The summed E-state index contributed by atoms with van der Waals surface area (Å²) >= 11 is 2.21. The van der Waals surface area contributed by atoms with Crippen LogP contribution in [-0.4, -0.2) is 23.5 Å². The molecule has 2 heterocycles. The van der Waals surface area contributed by atoms with E-state index in [9.17, 15) is 9.59 Å².